The minimum Gasteiger partial charge on any atom is -0.496 e. The smallest absolute Gasteiger partial charge is 0.197 e. The fourth-order valence-electron chi connectivity index (χ4n) is 3.06. The summed E-state index contributed by atoms with van der Waals surface area (Å²) in [6.45, 7) is 0. The molecule has 0 spiro atoms. The van der Waals surface area contributed by atoms with E-state index in [1.807, 2.05) is 18.2 Å². The van der Waals surface area contributed by atoms with E-state index in [1.165, 1.54) is 17.3 Å². The van der Waals surface area contributed by atoms with Crippen molar-refractivity contribution in [3.05, 3.63) is 53.6 Å². The first-order valence-electron chi connectivity index (χ1n) is 7.73. The standard InChI is InChI=1S/C19H20O4S/c1-21-13-9-15(22-2)18(16(10-13)23-3)14-11-17(24-19(14)20)12-7-5-4-6-8-12/h4-10,14,17H,11H2,1-3H3/t14-,17-/m1/s1. The number of thioether (sulfide) groups is 1. The molecular formula is C19H20O4S. The zero-order valence-corrected chi connectivity index (χ0v) is 14.8. The van der Waals surface area contributed by atoms with Gasteiger partial charge in [-0.1, -0.05) is 42.1 Å². The molecule has 0 unspecified atom stereocenters. The number of ether oxygens (including phenoxy) is 3. The molecule has 2 atom stereocenters. The molecule has 0 radical (unpaired) electrons. The molecule has 4 nitrogen and oxygen atoms in total. The molecule has 0 N–H and O–H groups in total. The zero-order valence-electron chi connectivity index (χ0n) is 13.9. The quantitative estimate of drug-likeness (QED) is 0.813. The maximum Gasteiger partial charge on any atom is 0.197 e. The third-order valence-corrected chi connectivity index (χ3v) is 5.53. The molecule has 1 aliphatic rings. The Balaban J connectivity index is 1.98. The monoisotopic (exact) mass is 344 g/mol. The van der Waals surface area contributed by atoms with Crippen molar-refractivity contribution < 1.29 is 19.0 Å². The molecule has 5 heteroatoms. The topological polar surface area (TPSA) is 44.8 Å². The second-order valence-electron chi connectivity index (χ2n) is 5.57. The van der Waals surface area contributed by atoms with Crippen LogP contribution in [-0.4, -0.2) is 26.4 Å². The van der Waals surface area contributed by atoms with E-state index < -0.39 is 0 Å². The Labute approximate surface area is 146 Å². The van der Waals surface area contributed by atoms with Crippen LogP contribution in [0.1, 0.15) is 28.7 Å². The molecule has 0 amide bonds. The lowest BCUT2D eigenvalue weighted by molar-refractivity contribution is -0.111. The van der Waals surface area contributed by atoms with Gasteiger partial charge in [-0.2, -0.15) is 0 Å². The Morgan fingerprint density at radius 1 is 0.958 bits per heavy atom. The highest BCUT2D eigenvalue weighted by molar-refractivity contribution is 8.14. The first-order chi connectivity index (χ1) is 11.7. The lowest BCUT2D eigenvalue weighted by Crippen LogP contribution is -2.07. The van der Waals surface area contributed by atoms with E-state index in [9.17, 15) is 4.79 Å². The number of hydrogen-bond acceptors (Lipinski definition) is 5. The molecule has 126 valence electrons. The molecule has 0 bridgehead atoms. The van der Waals surface area contributed by atoms with Gasteiger partial charge in [-0.15, -0.1) is 0 Å². The molecule has 1 saturated heterocycles. The molecule has 24 heavy (non-hydrogen) atoms. The Morgan fingerprint density at radius 2 is 1.58 bits per heavy atom. The number of hydrogen-bond donors (Lipinski definition) is 0. The average molecular weight is 344 g/mol. The molecule has 3 rings (SSSR count). The lowest BCUT2D eigenvalue weighted by atomic mass is 9.92. The van der Waals surface area contributed by atoms with Crippen LogP contribution in [0.2, 0.25) is 0 Å². The largest absolute Gasteiger partial charge is 0.496 e. The van der Waals surface area contributed by atoms with E-state index in [2.05, 4.69) is 12.1 Å². The predicted octanol–water partition coefficient (Wildman–Crippen LogP) is 4.20. The molecule has 0 aliphatic carbocycles. The number of rotatable bonds is 5. The normalized spacial score (nSPS) is 20.0. The van der Waals surface area contributed by atoms with Crippen LogP contribution in [0.5, 0.6) is 17.2 Å². The van der Waals surface area contributed by atoms with Gasteiger partial charge >= 0.3 is 0 Å². The lowest BCUT2D eigenvalue weighted by Gasteiger charge is -2.18. The minimum atomic E-state index is -0.254. The van der Waals surface area contributed by atoms with Gasteiger partial charge in [0.05, 0.1) is 27.2 Å². The number of carbonyl (C=O) groups excluding carboxylic acids is 1. The van der Waals surface area contributed by atoms with Crippen LogP contribution in [-0.2, 0) is 4.79 Å². The summed E-state index contributed by atoms with van der Waals surface area (Å²) < 4.78 is 16.3. The van der Waals surface area contributed by atoms with Crippen LogP contribution < -0.4 is 14.2 Å². The van der Waals surface area contributed by atoms with Gasteiger partial charge in [0.1, 0.15) is 17.2 Å². The van der Waals surface area contributed by atoms with Crippen molar-refractivity contribution in [2.24, 2.45) is 0 Å². The third kappa shape index (κ3) is 3.08. The van der Waals surface area contributed by atoms with Gasteiger partial charge in [0.25, 0.3) is 0 Å². The van der Waals surface area contributed by atoms with Crippen LogP contribution in [0.15, 0.2) is 42.5 Å². The van der Waals surface area contributed by atoms with Gasteiger partial charge < -0.3 is 14.2 Å². The first kappa shape index (κ1) is 16.7. The predicted molar refractivity (Wildman–Crippen MR) is 95.2 cm³/mol. The summed E-state index contributed by atoms with van der Waals surface area (Å²) in [6.07, 6.45) is 0.729. The molecule has 2 aromatic carbocycles. The minimum absolute atomic E-state index is 0.144. The van der Waals surface area contributed by atoms with Gasteiger partial charge in [-0.05, 0) is 12.0 Å². The fraction of sp³-hybridized carbons (Fsp3) is 0.316. The van der Waals surface area contributed by atoms with Crippen LogP contribution >= 0.6 is 11.8 Å². The average Bonchev–Trinajstić information content (AvgIpc) is 3.02. The molecule has 0 aromatic heterocycles. The van der Waals surface area contributed by atoms with Crippen LogP contribution in [0.4, 0.5) is 0 Å². The van der Waals surface area contributed by atoms with Crippen molar-refractivity contribution in [1.82, 2.24) is 0 Å². The summed E-state index contributed by atoms with van der Waals surface area (Å²) in [7, 11) is 4.79. The molecule has 1 aliphatic heterocycles. The van der Waals surface area contributed by atoms with E-state index in [0.29, 0.717) is 17.2 Å². The maximum atomic E-state index is 12.7. The van der Waals surface area contributed by atoms with Crippen molar-refractivity contribution in [2.45, 2.75) is 17.6 Å². The van der Waals surface area contributed by atoms with E-state index >= 15 is 0 Å². The van der Waals surface area contributed by atoms with Crippen LogP contribution in [0, 0.1) is 0 Å². The molecule has 2 aromatic rings. The Kier molecular flexibility index (Phi) is 5.00. The van der Waals surface area contributed by atoms with E-state index in [1.54, 1.807) is 33.5 Å². The van der Waals surface area contributed by atoms with E-state index in [-0.39, 0.29) is 16.3 Å². The second-order valence-corrected chi connectivity index (χ2v) is 6.78. The van der Waals surface area contributed by atoms with Crippen molar-refractivity contribution in [3.8, 4) is 17.2 Å². The summed E-state index contributed by atoms with van der Waals surface area (Å²) in [5.74, 6) is 1.64. The van der Waals surface area contributed by atoms with Crippen molar-refractivity contribution in [1.29, 1.82) is 0 Å². The molecule has 0 saturated carbocycles. The van der Waals surface area contributed by atoms with Crippen molar-refractivity contribution >= 4 is 16.9 Å². The number of benzene rings is 2. The van der Waals surface area contributed by atoms with Crippen LogP contribution in [0.3, 0.4) is 0 Å². The highest BCUT2D eigenvalue weighted by atomic mass is 32.2. The fourth-order valence-corrected chi connectivity index (χ4v) is 4.30. The third-order valence-electron chi connectivity index (χ3n) is 4.27. The van der Waals surface area contributed by atoms with E-state index in [4.69, 9.17) is 14.2 Å². The summed E-state index contributed by atoms with van der Waals surface area (Å²) >= 11 is 1.39. The highest BCUT2D eigenvalue weighted by Crippen LogP contribution is 2.52. The summed E-state index contributed by atoms with van der Waals surface area (Å²) in [5, 5.41) is 0.297. The zero-order chi connectivity index (χ0) is 17.1. The second kappa shape index (κ2) is 7.18. The highest BCUT2D eigenvalue weighted by Gasteiger charge is 2.38. The van der Waals surface area contributed by atoms with E-state index in [0.717, 1.165) is 12.0 Å². The Hall–Kier alpha value is -2.14. The number of carbonyl (C=O) groups is 1. The van der Waals surface area contributed by atoms with Gasteiger partial charge in [0, 0.05) is 22.9 Å². The summed E-state index contributed by atoms with van der Waals surface area (Å²) in [4.78, 5) is 12.7. The maximum absolute atomic E-state index is 12.7. The van der Waals surface area contributed by atoms with Crippen molar-refractivity contribution in [3.63, 3.8) is 0 Å². The van der Waals surface area contributed by atoms with Gasteiger partial charge in [-0.25, -0.2) is 0 Å². The van der Waals surface area contributed by atoms with Crippen LogP contribution in [0.25, 0.3) is 0 Å². The Morgan fingerprint density at radius 3 is 2.12 bits per heavy atom. The van der Waals surface area contributed by atoms with Gasteiger partial charge in [-0.3, -0.25) is 4.79 Å². The number of methoxy groups -OCH3 is 3. The van der Waals surface area contributed by atoms with Crippen molar-refractivity contribution in [2.75, 3.05) is 21.3 Å². The molecule has 1 heterocycles. The first-order valence-corrected chi connectivity index (χ1v) is 8.61. The summed E-state index contributed by atoms with van der Waals surface area (Å²) in [5.41, 5.74) is 1.97. The molecular weight excluding hydrogens is 324 g/mol. The van der Waals surface area contributed by atoms with Gasteiger partial charge in [0.15, 0.2) is 5.12 Å². The Bertz CT molecular complexity index is 704. The van der Waals surface area contributed by atoms with Gasteiger partial charge in [0.2, 0.25) is 0 Å². The summed E-state index contributed by atoms with van der Waals surface area (Å²) in [6, 6.07) is 13.7. The SMILES string of the molecule is COc1cc(OC)c([C@H]2C[C@H](c3ccccc3)SC2=O)c(OC)c1. The molecule has 1 fully saturated rings.